The fraction of sp³-hybridized carbons (Fsp3) is 0.400. The Morgan fingerprint density at radius 2 is 2.28 bits per heavy atom. The number of aryl methyl sites for hydroxylation is 1. The first-order valence-electron chi connectivity index (χ1n) is 7.80. The van der Waals surface area contributed by atoms with Crippen LogP contribution >= 0.6 is 11.3 Å². The molecule has 4 rings (SSSR count). The van der Waals surface area contributed by atoms with Gasteiger partial charge in [-0.1, -0.05) is 0 Å². The zero-order chi connectivity index (χ0) is 17.8. The number of carbonyl (C=O) groups is 1. The third-order valence-electron chi connectivity index (χ3n) is 4.34. The zero-order valence-corrected chi connectivity index (χ0v) is 15.1. The molecule has 3 aromatic heterocycles. The minimum absolute atomic E-state index is 0.0475. The molecule has 1 fully saturated rings. The fourth-order valence-corrected chi connectivity index (χ4v) is 5.84. The van der Waals surface area contributed by atoms with Crippen molar-refractivity contribution in [2.45, 2.75) is 25.9 Å². The van der Waals surface area contributed by atoms with Crippen molar-refractivity contribution in [2.75, 3.05) is 11.5 Å². The standard InChI is InChI=1S/C15H16N4O4S2/c1-9-17-18(7-13(20)16-11-3-5-25(22,23)8-11)14(21)12-6-10-2-4-24-15(10)19(9)12/h2,4,6,11H,3,5,7-8H2,1H3,(H,16,20). The Morgan fingerprint density at radius 3 is 3.00 bits per heavy atom. The average Bonchev–Trinajstić information content (AvgIpc) is 3.18. The van der Waals surface area contributed by atoms with Crippen molar-refractivity contribution in [2.24, 2.45) is 0 Å². The highest BCUT2D eigenvalue weighted by Gasteiger charge is 2.29. The summed E-state index contributed by atoms with van der Waals surface area (Å²) in [6.45, 7) is 1.55. The Labute approximate surface area is 147 Å². The van der Waals surface area contributed by atoms with Crippen molar-refractivity contribution in [3.8, 4) is 0 Å². The number of nitrogens with one attached hydrogen (secondary N) is 1. The van der Waals surface area contributed by atoms with E-state index in [1.807, 2.05) is 11.4 Å². The summed E-state index contributed by atoms with van der Waals surface area (Å²) in [5.41, 5.74) is 0.133. The number of fused-ring (bicyclic) bond motifs is 3. The van der Waals surface area contributed by atoms with E-state index in [1.165, 1.54) is 11.3 Å². The Balaban J connectivity index is 1.62. The van der Waals surface area contributed by atoms with Gasteiger partial charge in [0, 0.05) is 11.4 Å². The van der Waals surface area contributed by atoms with Gasteiger partial charge in [-0.15, -0.1) is 11.3 Å². The van der Waals surface area contributed by atoms with Crippen molar-refractivity contribution < 1.29 is 13.2 Å². The first-order valence-corrected chi connectivity index (χ1v) is 10.5. The van der Waals surface area contributed by atoms with E-state index in [9.17, 15) is 18.0 Å². The Hall–Kier alpha value is -2.20. The monoisotopic (exact) mass is 380 g/mol. The summed E-state index contributed by atoms with van der Waals surface area (Å²) in [6.07, 6.45) is 0.406. The minimum Gasteiger partial charge on any atom is -0.351 e. The van der Waals surface area contributed by atoms with Gasteiger partial charge in [-0.3, -0.25) is 14.0 Å². The fourth-order valence-electron chi connectivity index (χ4n) is 3.23. The quantitative estimate of drug-likeness (QED) is 0.705. The van der Waals surface area contributed by atoms with Crippen LogP contribution in [0.25, 0.3) is 15.7 Å². The predicted octanol–water partition coefficient (Wildman–Crippen LogP) is 0.322. The van der Waals surface area contributed by atoms with Gasteiger partial charge in [-0.2, -0.15) is 5.10 Å². The van der Waals surface area contributed by atoms with E-state index in [1.54, 1.807) is 17.4 Å². The van der Waals surface area contributed by atoms with Gasteiger partial charge in [0.05, 0.1) is 11.5 Å². The van der Waals surface area contributed by atoms with Crippen LogP contribution in [-0.2, 0) is 21.2 Å². The summed E-state index contributed by atoms with van der Waals surface area (Å²) in [6, 6.07) is 3.33. The molecule has 1 unspecified atom stereocenters. The van der Waals surface area contributed by atoms with Crippen molar-refractivity contribution in [1.82, 2.24) is 19.5 Å². The van der Waals surface area contributed by atoms with Crippen LogP contribution in [0.5, 0.6) is 0 Å². The second-order valence-corrected chi connectivity index (χ2v) is 9.35. The van der Waals surface area contributed by atoms with Gasteiger partial charge in [0.1, 0.15) is 22.7 Å². The van der Waals surface area contributed by atoms with E-state index in [-0.39, 0.29) is 23.6 Å². The van der Waals surface area contributed by atoms with Gasteiger partial charge in [0.2, 0.25) is 5.91 Å². The van der Waals surface area contributed by atoms with Gasteiger partial charge in [0.15, 0.2) is 9.84 Å². The highest BCUT2D eigenvalue weighted by molar-refractivity contribution is 7.91. The summed E-state index contributed by atoms with van der Waals surface area (Å²) < 4.78 is 25.9. The van der Waals surface area contributed by atoms with Gasteiger partial charge < -0.3 is 5.32 Å². The number of carbonyl (C=O) groups excluding carboxylic acids is 1. The lowest BCUT2D eigenvalue weighted by molar-refractivity contribution is -0.122. The molecule has 132 valence electrons. The molecule has 1 atom stereocenters. The SMILES string of the molecule is Cc1nn(CC(=O)NC2CCS(=O)(=O)C2)c(=O)c2cc3ccsc3n12. The maximum atomic E-state index is 12.6. The topological polar surface area (TPSA) is 103 Å². The van der Waals surface area contributed by atoms with E-state index in [4.69, 9.17) is 0 Å². The van der Waals surface area contributed by atoms with Crippen LogP contribution in [0.3, 0.4) is 0 Å². The molecule has 0 radical (unpaired) electrons. The molecular weight excluding hydrogens is 364 g/mol. The Kier molecular flexibility index (Phi) is 3.69. The maximum Gasteiger partial charge on any atom is 0.291 e. The van der Waals surface area contributed by atoms with E-state index in [2.05, 4.69) is 10.4 Å². The lowest BCUT2D eigenvalue weighted by atomic mass is 10.2. The normalized spacial score (nSPS) is 19.6. The second-order valence-electron chi connectivity index (χ2n) is 6.22. The third kappa shape index (κ3) is 2.85. The molecule has 0 saturated carbocycles. The largest absolute Gasteiger partial charge is 0.351 e. The predicted molar refractivity (Wildman–Crippen MR) is 94.8 cm³/mol. The van der Waals surface area contributed by atoms with Crippen LogP contribution in [0.2, 0.25) is 0 Å². The van der Waals surface area contributed by atoms with Gasteiger partial charge >= 0.3 is 0 Å². The molecule has 0 spiro atoms. The molecule has 1 amide bonds. The average molecular weight is 380 g/mol. The highest BCUT2D eigenvalue weighted by atomic mass is 32.2. The number of aromatic nitrogens is 3. The van der Waals surface area contributed by atoms with Crippen LogP contribution in [0.15, 0.2) is 22.3 Å². The lowest BCUT2D eigenvalue weighted by Crippen LogP contribution is -2.40. The van der Waals surface area contributed by atoms with Crippen molar-refractivity contribution in [1.29, 1.82) is 0 Å². The van der Waals surface area contributed by atoms with Gasteiger partial charge in [0.25, 0.3) is 5.56 Å². The van der Waals surface area contributed by atoms with Crippen LogP contribution in [0.1, 0.15) is 12.2 Å². The summed E-state index contributed by atoms with van der Waals surface area (Å²) in [4.78, 5) is 25.8. The van der Waals surface area contributed by atoms with Crippen LogP contribution < -0.4 is 10.9 Å². The number of thiophene rings is 1. The molecule has 1 N–H and O–H groups in total. The molecule has 1 aliphatic heterocycles. The number of amides is 1. The summed E-state index contributed by atoms with van der Waals surface area (Å²) in [7, 11) is -3.07. The Bertz CT molecular complexity index is 1160. The highest BCUT2D eigenvalue weighted by Crippen LogP contribution is 2.24. The summed E-state index contributed by atoms with van der Waals surface area (Å²) in [5.74, 6) is 0.244. The van der Waals surface area contributed by atoms with E-state index in [0.717, 1.165) is 14.9 Å². The molecule has 10 heteroatoms. The van der Waals surface area contributed by atoms with Crippen molar-refractivity contribution in [3.05, 3.63) is 33.7 Å². The molecule has 0 aliphatic carbocycles. The van der Waals surface area contributed by atoms with Gasteiger partial charge in [-0.05, 0) is 30.9 Å². The second kappa shape index (κ2) is 5.67. The first kappa shape index (κ1) is 16.3. The number of hydrogen-bond donors (Lipinski definition) is 1. The summed E-state index contributed by atoms with van der Waals surface area (Å²) >= 11 is 1.53. The molecule has 3 aromatic rings. The smallest absolute Gasteiger partial charge is 0.291 e. The maximum absolute atomic E-state index is 12.6. The molecule has 1 aliphatic rings. The first-order chi connectivity index (χ1) is 11.8. The zero-order valence-electron chi connectivity index (χ0n) is 13.4. The number of nitrogens with zero attached hydrogens (tertiary/aromatic N) is 3. The van der Waals surface area contributed by atoms with Gasteiger partial charge in [-0.25, -0.2) is 13.1 Å². The Morgan fingerprint density at radius 1 is 1.48 bits per heavy atom. The van der Waals surface area contributed by atoms with E-state index >= 15 is 0 Å². The third-order valence-corrected chi connectivity index (χ3v) is 7.03. The lowest BCUT2D eigenvalue weighted by Gasteiger charge is -2.12. The molecule has 25 heavy (non-hydrogen) atoms. The van der Waals surface area contributed by atoms with Crippen LogP contribution in [0.4, 0.5) is 0 Å². The molecule has 0 bridgehead atoms. The summed E-state index contributed by atoms with van der Waals surface area (Å²) in [5, 5.41) is 9.83. The van der Waals surface area contributed by atoms with Crippen LogP contribution in [0, 0.1) is 6.92 Å². The molecule has 8 nitrogen and oxygen atoms in total. The number of rotatable bonds is 3. The van der Waals surface area contributed by atoms with E-state index < -0.39 is 21.8 Å². The van der Waals surface area contributed by atoms with Crippen LogP contribution in [-0.4, -0.2) is 46.1 Å². The molecule has 0 aromatic carbocycles. The number of hydrogen-bond acceptors (Lipinski definition) is 6. The molecule has 1 saturated heterocycles. The minimum atomic E-state index is -3.07. The number of sulfone groups is 1. The molecule has 4 heterocycles. The van der Waals surface area contributed by atoms with E-state index in [0.29, 0.717) is 17.8 Å². The van der Waals surface area contributed by atoms with Crippen molar-refractivity contribution >= 4 is 42.8 Å². The van der Waals surface area contributed by atoms with Crippen molar-refractivity contribution in [3.63, 3.8) is 0 Å². The molecular formula is C15H16N4O4S2.